The highest BCUT2D eigenvalue weighted by atomic mass is 15.2. The van der Waals surface area contributed by atoms with Gasteiger partial charge in [0.1, 0.15) is 0 Å². The molecule has 2 aliphatic rings. The highest BCUT2D eigenvalue weighted by molar-refractivity contribution is 5.97. The van der Waals surface area contributed by atoms with E-state index in [0.717, 1.165) is 84.8 Å². The minimum atomic E-state index is -0.784. The normalized spacial score (nSPS) is 12.9. The lowest BCUT2D eigenvalue weighted by Gasteiger charge is -2.45. The number of aryl methyl sites for hydroxylation is 4. The van der Waals surface area contributed by atoms with E-state index in [-0.39, 0.29) is 0 Å². The Hall–Kier alpha value is -7.76. The molecular weight excluding hydrogens is 755 g/mol. The molecule has 7 aromatic carbocycles. The molecule has 0 bridgehead atoms. The second kappa shape index (κ2) is 14.8. The van der Waals surface area contributed by atoms with Crippen LogP contribution in [0.5, 0.6) is 0 Å². The highest BCUT2D eigenvalue weighted by Crippen LogP contribution is 2.64. The van der Waals surface area contributed by atoms with Gasteiger partial charge in [-0.25, -0.2) is 0 Å². The molecule has 0 amide bonds. The third-order valence-corrected chi connectivity index (χ3v) is 12.6. The molecule has 5 nitrogen and oxygen atoms in total. The van der Waals surface area contributed by atoms with Gasteiger partial charge in [-0.2, -0.15) is 0 Å². The van der Waals surface area contributed by atoms with Crippen molar-refractivity contribution in [2.45, 2.75) is 33.1 Å². The summed E-state index contributed by atoms with van der Waals surface area (Å²) < 4.78 is 0. The SMILES string of the molecule is Cc1ccc(N(c2ccc(C)cc2)c2ccc3c(c2)C2(c4cc(N(c5ccc(C)cc5)c5ccc(C)cc5)ccc4N3c3ccccc3)c3cccnc3-c3ncccc32)cc1. The van der Waals surface area contributed by atoms with Gasteiger partial charge in [0.25, 0.3) is 0 Å². The Bertz CT molecular complexity index is 2820. The molecule has 3 heterocycles. The third kappa shape index (κ3) is 5.92. The molecule has 0 radical (unpaired) electrons. The van der Waals surface area contributed by atoms with Gasteiger partial charge in [-0.1, -0.05) is 101 Å². The van der Waals surface area contributed by atoms with Crippen molar-refractivity contribution in [3.05, 3.63) is 245 Å². The predicted molar refractivity (Wildman–Crippen MR) is 256 cm³/mol. The molecule has 0 saturated carbocycles. The van der Waals surface area contributed by atoms with E-state index < -0.39 is 5.41 Å². The zero-order valence-corrected chi connectivity index (χ0v) is 35.3. The Morgan fingerprint density at radius 1 is 0.355 bits per heavy atom. The Labute approximate surface area is 363 Å². The van der Waals surface area contributed by atoms with Crippen LogP contribution in [0, 0.1) is 27.7 Å². The van der Waals surface area contributed by atoms with Crippen molar-refractivity contribution in [3.8, 4) is 11.4 Å². The quantitative estimate of drug-likeness (QED) is 0.160. The van der Waals surface area contributed by atoms with Crippen LogP contribution in [0.25, 0.3) is 11.4 Å². The van der Waals surface area contributed by atoms with Crippen molar-refractivity contribution < 1.29 is 0 Å². The molecule has 2 aromatic heterocycles. The number of hydrogen-bond acceptors (Lipinski definition) is 5. The monoisotopic (exact) mass is 799 g/mol. The molecule has 0 saturated heterocycles. The Morgan fingerprint density at radius 2 is 0.710 bits per heavy atom. The van der Waals surface area contributed by atoms with E-state index in [4.69, 9.17) is 9.97 Å². The smallest absolute Gasteiger partial charge is 0.0937 e. The number of rotatable bonds is 7. The van der Waals surface area contributed by atoms with Gasteiger partial charge in [0.05, 0.1) is 28.2 Å². The van der Waals surface area contributed by atoms with E-state index in [9.17, 15) is 0 Å². The summed E-state index contributed by atoms with van der Waals surface area (Å²) in [6, 6.07) is 68.9. The fourth-order valence-electron chi connectivity index (χ4n) is 9.64. The molecule has 0 N–H and O–H groups in total. The van der Waals surface area contributed by atoms with Gasteiger partial charge in [0, 0.05) is 52.2 Å². The minimum Gasteiger partial charge on any atom is -0.310 e. The molecule has 1 aliphatic carbocycles. The number of aromatic nitrogens is 2. The molecule has 0 fully saturated rings. The summed E-state index contributed by atoms with van der Waals surface area (Å²) >= 11 is 0. The van der Waals surface area contributed by atoms with Crippen LogP contribution >= 0.6 is 0 Å². The summed E-state index contributed by atoms with van der Waals surface area (Å²) in [6.07, 6.45) is 3.80. The second-order valence-corrected chi connectivity index (χ2v) is 16.6. The van der Waals surface area contributed by atoms with Gasteiger partial charge in [-0.3, -0.25) is 9.97 Å². The first-order valence-electron chi connectivity index (χ1n) is 21.3. The minimum absolute atomic E-state index is 0.784. The molecule has 1 spiro atoms. The summed E-state index contributed by atoms with van der Waals surface area (Å²) in [4.78, 5) is 17.4. The molecule has 0 atom stereocenters. The second-order valence-electron chi connectivity index (χ2n) is 16.6. The largest absolute Gasteiger partial charge is 0.310 e. The van der Waals surface area contributed by atoms with Gasteiger partial charge in [-0.15, -0.1) is 0 Å². The molecule has 0 unspecified atom stereocenters. The topological polar surface area (TPSA) is 35.5 Å². The van der Waals surface area contributed by atoms with E-state index >= 15 is 0 Å². The van der Waals surface area contributed by atoms with E-state index in [1.165, 1.54) is 22.3 Å². The Kier molecular flexibility index (Phi) is 8.86. The maximum Gasteiger partial charge on any atom is 0.0937 e. The van der Waals surface area contributed by atoms with Crippen LogP contribution in [-0.4, -0.2) is 9.97 Å². The van der Waals surface area contributed by atoms with Crippen LogP contribution in [0.2, 0.25) is 0 Å². The number of para-hydroxylation sites is 1. The average molecular weight is 800 g/mol. The predicted octanol–water partition coefficient (Wildman–Crippen LogP) is 14.8. The number of hydrogen-bond donors (Lipinski definition) is 0. The molecule has 62 heavy (non-hydrogen) atoms. The van der Waals surface area contributed by atoms with Crippen molar-refractivity contribution in [3.63, 3.8) is 0 Å². The number of nitrogens with zero attached hydrogens (tertiary/aromatic N) is 5. The van der Waals surface area contributed by atoms with Gasteiger partial charge < -0.3 is 14.7 Å². The molecule has 298 valence electrons. The maximum atomic E-state index is 5.11. The number of pyridine rings is 2. The first-order chi connectivity index (χ1) is 30.4. The van der Waals surface area contributed by atoms with Crippen molar-refractivity contribution in [2.24, 2.45) is 0 Å². The summed E-state index contributed by atoms with van der Waals surface area (Å²) in [5.41, 5.74) is 20.3. The number of anilines is 9. The van der Waals surface area contributed by atoms with Crippen LogP contribution in [0.4, 0.5) is 51.2 Å². The first kappa shape index (κ1) is 37.3. The average Bonchev–Trinajstić information content (AvgIpc) is 3.60. The van der Waals surface area contributed by atoms with Crippen LogP contribution in [-0.2, 0) is 5.41 Å². The van der Waals surface area contributed by atoms with Gasteiger partial charge in [0.2, 0.25) is 0 Å². The van der Waals surface area contributed by atoms with Crippen LogP contribution < -0.4 is 14.7 Å². The lowest BCUT2D eigenvalue weighted by Crippen LogP contribution is -2.36. The fraction of sp³-hybridized carbons (Fsp3) is 0.0877. The van der Waals surface area contributed by atoms with Crippen molar-refractivity contribution in [2.75, 3.05) is 14.7 Å². The zero-order chi connectivity index (χ0) is 42.0. The lowest BCUT2D eigenvalue weighted by molar-refractivity contribution is 0.749. The van der Waals surface area contributed by atoms with E-state index in [0.29, 0.717) is 0 Å². The van der Waals surface area contributed by atoms with E-state index in [2.05, 4.69) is 230 Å². The van der Waals surface area contributed by atoms with Gasteiger partial charge in [-0.05, 0) is 159 Å². The molecule has 5 heteroatoms. The van der Waals surface area contributed by atoms with Crippen LogP contribution in [0.1, 0.15) is 44.5 Å². The van der Waals surface area contributed by atoms with Crippen molar-refractivity contribution in [1.82, 2.24) is 9.97 Å². The maximum absolute atomic E-state index is 5.11. The Morgan fingerprint density at radius 3 is 1.08 bits per heavy atom. The molecular formula is C57H45N5. The Balaban J connectivity index is 1.25. The summed E-state index contributed by atoms with van der Waals surface area (Å²) in [6.45, 7) is 8.56. The van der Waals surface area contributed by atoms with E-state index in [1.807, 2.05) is 12.4 Å². The zero-order valence-electron chi connectivity index (χ0n) is 35.3. The van der Waals surface area contributed by atoms with Gasteiger partial charge >= 0.3 is 0 Å². The standard InChI is InChI=1S/C57H45N5/c1-38-14-22-43(23-15-38)60(44-24-16-39(2)17-25-44)47-30-32-53-51(36-47)57(49-12-8-34-58-55(49)56-50(57)13-9-35-59-56)52-37-48(31-33-54(52)62(53)42-10-6-5-7-11-42)61(45-26-18-40(3)19-27-45)46-28-20-41(4)21-29-46/h5-37H,1-4H3. The van der Waals surface area contributed by atoms with Gasteiger partial charge in [0.15, 0.2) is 0 Å². The summed E-state index contributed by atoms with van der Waals surface area (Å²) in [5, 5.41) is 0. The summed E-state index contributed by atoms with van der Waals surface area (Å²) in [5.74, 6) is 0. The fourth-order valence-corrected chi connectivity index (χ4v) is 9.64. The highest BCUT2D eigenvalue weighted by Gasteiger charge is 2.53. The third-order valence-electron chi connectivity index (χ3n) is 12.6. The van der Waals surface area contributed by atoms with Crippen molar-refractivity contribution in [1.29, 1.82) is 0 Å². The van der Waals surface area contributed by atoms with Crippen LogP contribution in [0.15, 0.2) is 200 Å². The number of fused-ring (bicyclic) bond motifs is 9. The van der Waals surface area contributed by atoms with E-state index in [1.54, 1.807) is 0 Å². The molecule has 11 rings (SSSR count). The van der Waals surface area contributed by atoms with Crippen molar-refractivity contribution >= 4 is 51.2 Å². The van der Waals surface area contributed by atoms with Crippen LogP contribution in [0.3, 0.4) is 0 Å². The first-order valence-corrected chi connectivity index (χ1v) is 21.3. The number of benzene rings is 7. The lowest BCUT2D eigenvalue weighted by atomic mass is 9.64. The molecule has 1 aliphatic heterocycles. The molecule has 9 aromatic rings. The summed E-state index contributed by atoms with van der Waals surface area (Å²) in [7, 11) is 0.